The first-order valence-electron chi connectivity index (χ1n) is 10.3. The van der Waals surface area contributed by atoms with Crippen LogP contribution in [0.2, 0.25) is 0 Å². The van der Waals surface area contributed by atoms with E-state index in [1.54, 1.807) is 4.40 Å². The molecule has 4 aromatic rings. The maximum Gasteiger partial charge on any atom is 0.274 e. The van der Waals surface area contributed by atoms with Crippen molar-refractivity contribution in [3.63, 3.8) is 0 Å². The standard InChI is InChI=1S/C25H25N3OS/c1-15(2)28-20-11-10-17(12-18(20)16(3)14-25(28,4)5)13-22-23(29)27-21-9-7-6-8-19(21)26-24(27)30-22/h6-15H,1-5H3/b22-13-. The Morgan fingerprint density at radius 3 is 2.67 bits per heavy atom. The molecule has 1 aliphatic heterocycles. The molecule has 0 saturated heterocycles. The van der Waals surface area contributed by atoms with Gasteiger partial charge in [-0.3, -0.25) is 4.79 Å². The van der Waals surface area contributed by atoms with E-state index in [4.69, 9.17) is 0 Å². The van der Waals surface area contributed by atoms with Crippen LogP contribution in [0.1, 0.15) is 45.7 Å². The summed E-state index contributed by atoms with van der Waals surface area (Å²) in [6.45, 7) is 11.2. The molecule has 152 valence electrons. The van der Waals surface area contributed by atoms with Gasteiger partial charge in [-0.2, -0.15) is 0 Å². The van der Waals surface area contributed by atoms with Crippen LogP contribution in [0.25, 0.3) is 27.6 Å². The Hall–Kier alpha value is -2.92. The fourth-order valence-electron chi connectivity index (χ4n) is 4.86. The van der Waals surface area contributed by atoms with Crippen molar-refractivity contribution in [2.24, 2.45) is 0 Å². The largest absolute Gasteiger partial charge is 0.360 e. The zero-order valence-electron chi connectivity index (χ0n) is 17.9. The molecule has 2 aromatic heterocycles. The lowest BCUT2D eigenvalue weighted by atomic mass is 9.87. The molecule has 30 heavy (non-hydrogen) atoms. The van der Waals surface area contributed by atoms with Crippen molar-refractivity contribution in [1.82, 2.24) is 9.38 Å². The monoisotopic (exact) mass is 415 g/mol. The van der Waals surface area contributed by atoms with E-state index in [0.717, 1.165) is 21.6 Å². The molecule has 5 rings (SSSR count). The Balaban J connectivity index is 1.67. The summed E-state index contributed by atoms with van der Waals surface area (Å²) in [5.74, 6) is 0. The number of hydrogen-bond donors (Lipinski definition) is 0. The van der Waals surface area contributed by atoms with E-state index in [1.807, 2.05) is 30.3 Å². The lowest BCUT2D eigenvalue weighted by molar-refractivity contribution is 0.507. The number of imidazole rings is 1. The van der Waals surface area contributed by atoms with E-state index in [0.29, 0.717) is 10.6 Å². The van der Waals surface area contributed by atoms with Crippen LogP contribution in [0, 0.1) is 0 Å². The summed E-state index contributed by atoms with van der Waals surface area (Å²) in [6, 6.07) is 14.7. The van der Waals surface area contributed by atoms with Crippen LogP contribution in [0.4, 0.5) is 5.69 Å². The van der Waals surface area contributed by atoms with Gasteiger partial charge in [0.15, 0.2) is 4.96 Å². The van der Waals surface area contributed by atoms with Crippen molar-refractivity contribution in [1.29, 1.82) is 0 Å². The van der Waals surface area contributed by atoms with E-state index in [9.17, 15) is 4.79 Å². The van der Waals surface area contributed by atoms with Crippen molar-refractivity contribution in [2.75, 3.05) is 4.90 Å². The molecule has 0 N–H and O–H groups in total. The van der Waals surface area contributed by atoms with Gasteiger partial charge in [-0.1, -0.05) is 35.6 Å². The van der Waals surface area contributed by atoms with Crippen molar-refractivity contribution in [3.05, 3.63) is 74.6 Å². The highest BCUT2D eigenvalue weighted by Crippen LogP contribution is 2.40. The van der Waals surface area contributed by atoms with Gasteiger partial charge in [0.1, 0.15) is 0 Å². The molecule has 0 saturated carbocycles. The van der Waals surface area contributed by atoms with Gasteiger partial charge in [-0.15, -0.1) is 0 Å². The first-order valence-corrected chi connectivity index (χ1v) is 11.1. The molecule has 0 fully saturated rings. The summed E-state index contributed by atoms with van der Waals surface area (Å²) < 4.78 is 2.43. The van der Waals surface area contributed by atoms with Gasteiger partial charge in [0.05, 0.1) is 21.1 Å². The first kappa shape index (κ1) is 19.1. The molecule has 0 unspecified atom stereocenters. The Morgan fingerprint density at radius 1 is 1.13 bits per heavy atom. The lowest BCUT2D eigenvalue weighted by Crippen LogP contribution is -2.49. The highest BCUT2D eigenvalue weighted by molar-refractivity contribution is 7.15. The number of fused-ring (bicyclic) bond motifs is 4. The summed E-state index contributed by atoms with van der Waals surface area (Å²) >= 11 is 1.45. The lowest BCUT2D eigenvalue weighted by Gasteiger charge is -2.46. The van der Waals surface area contributed by atoms with Gasteiger partial charge < -0.3 is 4.90 Å². The molecular weight excluding hydrogens is 390 g/mol. The first-order chi connectivity index (χ1) is 14.3. The van der Waals surface area contributed by atoms with Gasteiger partial charge in [0.2, 0.25) is 0 Å². The van der Waals surface area contributed by atoms with Gasteiger partial charge >= 0.3 is 0 Å². The van der Waals surface area contributed by atoms with Gasteiger partial charge in [0, 0.05) is 17.3 Å². The molecule has 2 aromatic carbocycles. The number of anilines is 1. The second-order valence-electron chi connectivity index (χ2n) is 8.86. The number of aromatic nitrogens is 2. The fraction of sp³-hybridized carbons (Fsp3) is 0.280. The molecule has 0 radical (unpaired) electrons. The minimum Gasteiger partial charge on any atom is -0.360 e. The molecule has 0 spiro atoms. The molecule has 0 aliphatic carbocycles. The van der Waals surface area contributed by atoms with E-state index in [2.05, 4.69) is 68.8 Å². The molecule has 4 nitrogen and oxygen atoms in total. The minimum atomic E-state index is -0.0290. The molecule has 0 bridgehead atoms. The third-order valence-corrected chi connectivity index (χ3v) is 6.82. The van der Waals surface area contributed by atoms with Crippen molar-refractivity contribution in [3.8, 4) is 0 Å². The number of thiazole rings is 1. The van der Waals surface area contributed by atoms with Crippen LogP contribution in [-0.4, -0.2) is 21.0 Å². The van der Waals surface area contributed by atoms with Gasteiger partial charge in [-0.05, 0) is 76.1 Å². The number of nitrogens with zero attached hydrogens (tertiary/aromatic N) is 3. The number of para-hydroxylation sites is 2. The van der Waals surface area contributed by atoms with Crippen LogP contribution in [0.15, 0.2) is 53.3 Å². The number of rotatable bonds is 2. The number of benzene rings is 2. The predicted molar refractivity (Wildman–Crippen MR) is 127 cm³/mol. The second-order valence-corrected chi connectivity index (χ2v) is 9.86. The minimum absolute atomic E-state index is 0.00127. The number of allylic oxidation sites excluding steroid dienone is 1. The summed E-state index contributed by atoms with van der Waals surface area (Å²) in [5, 5.41) is 0. The zero-order valence-corrected chi connectivity index (χ0v) is 18.7. The smallest absolute Gasteiger partial charge is 0.274 e. The third kappa shape index (κ3) is 2.80. The summed E-state index contributed by atoms with van der Waals surface area (Å²) in [4.78, 5) is 20.9. The second kappa shape index (κ2) is 6.54. The predicted octanol–water partition coefficient (Wildman–Crippen LogP) is 4.87. The molecule has 5 heteroatoms. The Kier molecular flexibility index (Phi) is 4.16. The normalized spacial score (nSPS) is 16.5. The Bertz CT molecular complexity index is 1440. The Labute approximate surface area is 179 Å². The Morgan fingerprint density at radius 2 is 1.90 bits per heavy atom. The molecule has 0 amide bonds. The van der Waals surface area contributed by atoms with E-state index >= 15 is 0 Å². The van der Waals surface area contributed by atoms with E-state index in [1.165, 1.54) is 28.2 Å². The summed E-state index contributed by atoms with van der Waals surface area (Å²) in [5.41, 5.74) is 6.49. The summed E-state index contributed by atoms with van der Waals surface area (Å²) in [7, 11) is 0. The maximum atomic E-state index is 13.1. The van der Waals surface area contributed by atoms with Crippen LogP contribution < -0.4 is 15.0 Å². The quantitative estimate of drug-likeness (QED) is 0.469. The van der Waals surface area contributed by atoms with Gasteiger partial charge in [-0.25, -0.2) is 9.38 Å². The topological polar surface area (TPSA) is 37.6 Å². The maximum absolute atomic E-state index is 13.1. The average molecular weight is 416 g/mol. The van der Waals surface area contributed by atoms with Crippen LogP contribution in [0.3, 0.4) is 0 Å². The van der Waals surface area contributed by atoms with Crippen molar-refractivity contribution in [2.45, 2.75) is 46.2 Å². The average Bonchev–Trinajstić information content (AvgIpc) is 3.18. The molecule has 1 aliphatic rings. The van der Waals surface area contributed by atoms with Crippen LogP contribution in [0.5, 0.6) is 0 Å². The van der Waals surface area contributed by atoms with E-state index in [-0.39, 0.29) is 11.1 Å². The summed E-state index contributed by atoms with van der Waals surface area (Å²) in [6.07, 6.45) is 4.33. The van der Waals surface area contributed by atoms with E-state index < -0.39 is 0 Å². The molecular formula is C25H25N3OS. The molecule has 0 atom stereocenters. The SMILES string of the molecule is CC1=CC(C)(C)N(C(C)C)c2ccc(/C=c3\sc4nc5ccccc5n4c3=O)cc21. The highest BCUT2D eigenvalue weighted by atomic mass is 32.1. The zero-order chi connectivity index (χ0) is 21.2. The third-order valence-electron chi connectivity index (χ3n) is 5.85. The van der Waals surface area contributed by atoms with Gasteiger partial charge in [0.25, 0.3) is 5.56 Å². The number of hydrogen-bond acceptors (Lipinski definition) is 4. The van der Waals surface area contributed by atoms with Crippen LogP contribution in [-0.2, 0) is 0 Å². The van der Waals surface area contributed by atoms with Crippen molar-refractivity contribution >= 4 is 44.7 Å². The fourth-order valence-corrected chi connectivity index (χ4v) is 5.85. The molecule has 3 heterocycles. The van der Waals surface area contributed by atoms with Crippen molar-refractivity contribution < 1.29 is 0 Å². The van der Waals surface area contributed by atoms with Crippen LogP contribution >= 0.6 is 11.3 Å². The highest BCUT2D eigenvalue weighted by Gasteiger charge is 2.32.